The van der Waals surface area contributed by atoms with E-state index in [2.05, 4.69) is 15.7 Å². The van der Waals surface area contributed by atoms with Crippen LogP contribution in [-0.4, -0.2) is 41.5 Å². The Balaban J connectivity index is 1.41. The van der Waals surface area contributed by atoms with E-state index in [1.165, 1.54) is 0 Å². The van der Waals surface area contributed by atoms with Crippen LogP contribution >= 0.6 is 0 Å². The molecule has 2 heterocycles. The van der Waals surface area contributed by atoms with Crippen molar-refractivity contribution in [2.24, 2.45) is 7.05 Å². The van der Waals surface area contributed by atoms with Crippen molar-refractivity contribution in [1.82, 2.24) is 20.4 Å². The van der Waals surface area contributed by atoms with Gasteiger partial charge in [-0.2, -0.15) is 5.10 Å². The molecule has 126 valence electrons. The third-order valence-electron chi connectivity index (χ3n) is 3.54. The Kier molecular flexibility index (Phi) is 4.64. The highest BCUT2D eigenvalue weighted by atomic mass is 16.7. The summed E-state index contributed by atoms with van der Waals surface area (Å²) in [6, 6.07) is 4.90. The summed E-state index contributed by atoms with van der Waals surface area (Å²) < 4.78 is 12.1. The molecule has 8 heteroatoms. The number of aromatic nitrogens is 2. The number of hydrogen-bond donors (Lipinski definition) is 2. The molecule has 0 saturated carbocycles. The Hall–Kier alpha value is -3.03. The third kappa shape index (κ3) is 3.83. The summed E-state index contributed by atoms with van der Waals surface area (Å²) in [5, 5.41) is 9.39. The van der Waals surface area contributed by atoms with Gasteiger partial charge in [-0.05, 0) is 30.2 Å². The first kappa shape index (κ1) is 15.9. The molecular formula is C16H18N4O4. The van der Waals surface area contributed by atoms with Crippen molar-refractivity contribution in [3.05, 3.63) is 41.7 Å². The van der Waals surface area contributed by atoms with E-state index in [1.807, 2.05) is 13.2 Å². The summed E-state index contributed by atoms with van der Waals surface area (Å²) in [6.45, 7) is 0.560. The Labute approximate surface area is 138 Å². The van der Waals surface area contributed by atoms with E-state index in [4.69, 9.17) is 9.47 Å². The van der Waals surface area contributed by atoms with Crippen LogP contribution < -0.4 is 20.1 Å². The minimum absolute atomic E-state index is 0.0830. The van der Waals surface area contributed by atoms with Crippen LogP contribution in [0.3, 0.4) is 0 Å². The van der Waals surface area contributed by atoms with Gasteiger partial charge in [-0.25, -0.2) is 0 Å². The number of nitrogens with zero attached hydrogens (tertiary/aromatic N) is 2. The normalized spacial score (nSPS) is 12.0. The predicted octanol–water partition coefficient (Wildman–Crippen LogP) is 0.238. The van der Waals surface area contributed by atoms with Crippen molar-refractivity contribution in [2.45, 2.75) is 6.42 Å². The van der Waals surface area contributed by atoms with Crippen LogP contribution in [0.4, 0.5) is 0 Å². The number of hydrogen-bond acceptors (Lipinski definition) is 5. The summed E-state index contributed by atoms with van der Waals surface area (Å²) in [7, 11) is 1.84. The molecule has 0 saturated heterocycles. The summed E-state index contributed by atoms with van der Waals surface area (Å²) in [5.41, 5.74) is 1.46. The highest BCUT2D eigenvalue weighted by molar-refractivity contribution is 5.97. The topological polar surface area (TPSA) is 94.5 Å². The maximum atomic E-state index is 12.0. The number of rotatable bonds is 6. The monoisotopic (exact) mass is 330 g/mol. The van der Waals surface area contributed by atoms with Crippen LogP contribution in [0.1, 0.15) is 15.9 Å². The average molecular weight is 330 g/mol. The molecule has 0 fully saturated rings. The van der Waals surface area contributed by atoms with Gasteiger partial charge in [0.15, 0.2) is 11.5 Å². The Morgan fingerprint density at radius 3 is 2.88 bits per heavy atom. The van der Waals surface area contributed by atoms with E-state index in [-0.39, 0.29) is 25.2 Å². The molecule has 0 bridgehead atoms. The number of carbonyl (C=O) groups excluding carboxylic acids is 2. The van der Waals surface area contributed by atoms with E-state index < -0.39 is 0 Å². The Morgan fingerprint density at radius 2 is 2.08 bits per heavy atom. The van der Waals surface area contributed by atoms with Gasteiger partial charge in [-0.3, -0.25) is 14.3 Å². The molecule has 1 aromatic carbocycles. The first-order chi connectivity index (χ1) is 11.6. The molecule has 2 N–H and O–H groups in total. The summed E-state index contributed by atoms with van der Waals surface area (Å²) in [4.78, 5) is 23.8. The highest BCUT2D eigenvalue weighted by Gasteiger charge is 2.16. The van der Waals surface area contributed by atoms with Gasteiger partial charge >= 0.3 is 0 Å². The van der Waals surface area contributed by atoms with Gasteiger partial charge in [0.25, 0.3) is 5.91 Å². The van der Waals surface area contributed by atoms with Crippen LogP contribution in [0.2, 0.25) is 0 Å². The fourth-order valence-electron chi connectivity index (χ4n) is 2.31. The van der Waals surface area contributed by atoms with Gasteiger partial charge in [0.05, 0.1) is 12.7 Å². The van der Waals surface area contributed by atoms with Crippen molar-refractivity contribution in [1.29, 1.82) is 0 Å². The van der Waals surface area contributed by atoms with E-state index >= 15 is 0 Å². The first-order valence-electron chi connectivity index (χ1n) is 7.54. The molecule has 2 amide bonds. The van der Waals surface area contributed by atoms with Gasteiger partial charge in [-0.1, -0.05) is 0 Å². The molecule has 24 heavy (non-hydrogen) atoms. The molecule has 3 rings (SSSR count). The lowest BCUT2D eigenvalue weighted by Gasteiger charge is -2.07. The van der Waals surface area contributed by atoms with Gasteiger partial charge < -0.3 is 20.1 Å². The van der Waals surface area contributed by atoms with Gasteiger partial charge in [0, 0.05) is 25.4 Å². The molecule has 0 spiro atoms. The number of nitrogens with one attached hydrogen (secondary N) is 2. The Morgan fingerprint density at radius 1 is 1.25 bits per heavy atom. The van der Waals surface area contributed by atoms with E-state index in [9.17, 15) is 9.59 Å². The fraction of sp³-hybridized carbons (Fsp3) is 0.312. The third-order valence-corrected chi connectivity index (χ3v) is 3.54. The standard InChI is InChI=1S/C16H18N4O4/c1-20-9-11(7-19-20)4-5-17-15(21)8-18-16(22)12-2-3-13-14(6-12)24-10-23-13/h2-3,6-7,9H,4-5,8,10H2,1H3,(H,17,21)(H,18,22). The van der Waals surface area contributed by atoms with Crippen LogP contribution in [0, 0.1) is 0 Å². The molecule has 2 aromatic rings. The second-order valence-electron chi connectivity index (χ2n) is 5.37. The number of fused-ring (bicyclic) bond motifs is 1. The molecule has 0 aliphatic carbocycles. The molecular weight excluding hydrogens is 312 g/mol. The second-order valence-corrected chi connectivity index (χ2v) is 5.37. The second kappa shape index (κ2) is 7.03. The van der Waals surface area contributed by atoms with E-state index in [0.29, 0.717) is 30.0 Å². The zero-order valence-electron chi connectivity index (χ0n) is 13.2. The minimum Gasteiger partial charge on any atom is -0.454 e. The lowest BCUT2D eigenvalue weighted by atomic mass is 10.2. The molecule has 0 unspecified atom stereocenters. The van der Waals surface area contributed by atoms with Crippen molar-refractivity contribution in [3.63, 3.8) is 0 Å². The largest absolute Gasteiger partial charge is 0.454 e. The molecule has 1 aliphatic heterocycles. The fourth-order valence-corrected chi connectivity index (χ4v) is 2.31. The lowest BCUT2D eigenvalue weighted by molar-refractivity contribution is -0.120. The number of carbonyl (C=O) groups is 2. The van der Waals surface area contributed by atoms with Crippen molar-refractivity contribution >= 4 is 11.8 Å². The number of ether oxygens (including phenoxy) is 2. The number of benzene rings is 1. The number of amides is 2. The van der Waals surface area contributed by atoms with Crippen molar-refractivity contribution in [2.75, 3.05) is 19.9 Å². The zero-order chi connectivity index (χ0) is 16.9. The number of aryl methyl sites for hydroxylation is 1. The van der Waals surface area contributed by atoms with Crippen LogP contribution in [0.25, 0.3) is 0 Å². The summed E-state index contributed by atoms with van der Waals surface area (Å²) in [5.74, 6) is 0.562. The molecule has 0 atom stereocenters. The zero-order valence-corrected chi connectivity index (χ0v) is 13.2. The van der Waals surface area contributed by atoms with Crippen molar-refractivity contribution in [3.8, 4) is 11.5 Å². The van der Waals surface area contributed by atoms with Gasteiger partial charge in [0.1, 0.15) is 0 Å². The molecule has 8 nitrogen and oxygen atoms in total. The predicted molar refractivity (Wildman–Crippen MR) is 84.8 cm³/mol. The van der Waals surface area contributed by atoms with Gasteiger partial charge in [0.2, 0.25) is 12.7 Å². The van der Waals surface area contributed by atoms with Crippen molar-refractivity contribution < 1.29 is 19.1 Å². The maximum Gasteiger partial charge on any atom is 0.251 e. The minimum atomic E-state index is -0.337. The van der Waals surface area contributed by atoms with E-state index in [0.717, 1.165) is 5.56 Å². The van der Waals surface area contributed by atoms with Gasteiger partial charge in [-0.15, -0.1) is 0 Å². The van der Waals surface area contributed by atoms with E-state index in [1.54, 1.807) is 29.1 Å². The molecule has 1 aliphatic rings. The highest BCUT2D eigenvalue weighted by Crippen LogP contribution is 2.32. The first-order valence-corrected chi connectivity index (χ1v) is 7.54. The SMILES string of the molecule is Cn1cc(CCNC(=O)CNC(=O)c2ccc3c(c2)OCO3)cn1. The molecule has 0 radical (unpaired) electrons. The van der Waals surface area contributed by atoms with Crippen LogP contribution in [-0.2, 0) is 18.3 Å². The molecule has 1 aromatic heterocycles. The summed E-state index contributed by atoms with van der Waals surface area (Å²) in [6.07, 6.45) is 4.34. The van der Waals surface area contributed by atoms with Crippen LogP contribution in [0.15, 0.2) is 30.6 Å². The van der Waals surface area contributed by atoms with Crippen LogP contribution in [0.5, 0.6) is 11.5 Å². The quantitative estimate of drug-likeness (QED) is 0.791. The smallest absolute Gasteiger partial charge is 0.251 e. The lowest BCUT2D eigenvalue weighted by Crippen LogP contribution is -2.37. The summed E-state index contributed by atoms with van der Waals surface area (Å²) >= 11 is 0. The maximum absolute atomic E-state index is 12.0. The average Bonchev–Trinajstić information content (AvgIpc) is 3.20. The Bertz CT molecular complexity index is 756.